The van der Waals surface area contributed by atoms with Crippen molar-refractivity contribution < 1.29 is 0 Å². The molecule has 11 rings (SSSR count). The molecule has 2 heterocycles. The summed E-state index contributed by atoms with van der Waals surface area (Å²) in [4.78, 5) is 11.7. The summed E-state index contributed by atoms with van der Waals surface area (Å²) in [5.74, 6) is 2.55. The minimum absolute atomic E-state index is 0.262. The maximum atomic E-state index is 4.80. The Labute approximate surface area is 324 Å². The molecule has 0 radical (unpaired) electrons. The second-order valence-electron chi connectivity index (χ2n) is 15.9. The number of nitrogens with zero attached hydrogens (tertiary/aromatic N) is 3. The zero-order valence-corrected chi connectivity index (χ0v) is 31.0. The van der Waals surface area contributed by atoms with E-state index in [-0.39, 0.29) is 5.92 Å². The van der Waals surface area contributed by atoms with Crippen molar-refractivity contribution in [3.8, 4) is 11.3 Å². The molecule has 0 saturated carbocycles. The molecule has 3 heteroatoms. The zero-order valence-electron chi connectivity index (χ0n) is 31.0. The van der Waals surface area contributed by atoms with Crippen LogP contribution in [-0.4, -0.2) is 9.97 Å². The molecule has 4 unspecified atom stereocenters. The third-order valence-corrected chi connectivity index (χ3v) is 13.0. The van der Waals surface area contributed by atoms with Gasteiger partial charge in [-0.25, -0.2) is 4.98 Å². The first-order valence-electron chi connectivity index (χ1n) is 20.1. The summed E-state index contributed by atoms with van der Waals surface area (Å²) in [6.07, 6.45) is 46.2. The van der Waals surface area contributed by atoms with Crippen LogP contribution in [0.1, 0.15) is 55.6 Å². The SMILES string of the molecule is C=C1c2ccccc2-c2nccnc2N1c1ccc(C2C=CC3=C(C4=CCC5CCC=CC5=C4)C4=CC=CCC4C(C4=CCC5C=CC=CC5=C4)=C3C2)cc1. The van der Waals surface area contributed by atoms with E-state index >= 15 is 0 Å². The number of aromatic nitrogens is 2. The van der Waals surface area contributed by atoms with Crippen LogP contribution in [0.5, 0.6) is 0 Å². The van der Waals surface area contributed by atoms with E-state index in [1.165, 1.54) is 68.6 Å². The molecule has 0 N–H and O–H groups in total. The minimum Gasteiger partial charge on any atom is -0.293 e. The summed E-state index contributed by atoms with van der Waals surface area (Å²) < 4.78 is 0. The highest BCUT2D eigenvalue weighted by atomic mass is 15.2. The van der Waals surface area contributed by atoms with Crippen LogP contribution < -0.4 is 4.90 Å². The lowest BCUT2D eigenvalue weighted by Gasteiger charge is -2.40. The largest absolute Gasteiger partial charge is 0.293 e. The van der Waals surface area contributed by atoms with Crippen molar-refractivity contribution in [2.24, 2.45) is 17.8 Å². The standard InChI is InChI=1S/C52H43N3/c1-33-43-14-6-9-17-47(43)51-52(54-29-28-53-51)55(33)42-25-22-36(23-26-42)39-24-27-46-48(32-39)50(41-21-19-35-11-3-5-13-38(35)31-41)45-16-8-7-15-44(45)49(46)40-20-18-34-10-2-4-12-37(34)30-40/h3-9,11-15,17,20-31,34-35,39,45H,1-2,10,16,18-19,32H2. The lowest BCUT2D eigenvalue weighted by atomic mass is 9.64. The van der Waals surface area contributed by atoms with Crippen LogP contribution in [0.2, 0.25) is 0 Å². The molecule has 8 aliphatic rings. The van der Waals surface area contributed by atoms with Gasteiger partial charge in [0.1, 0.15) is 5.69 Å². The minimum atomic E-state index is 0.262. The Morgan fingerprint density at radius 1 is 0.727 bits per heavy atom. The fourth-order valence-corrected chi connectivity index (χ4v) is 10.2. The summed E-state index contributed by atoms with van der Waals surface area (Å²) in [5, 5.41) is 0. The van der Waals surface area contributed by atoms with Gasteiger partial charge in [-0.2, -0.15) is 0 Å². The second-order valence-corrected chi connectivity index (χ2v) is 15.9. The van der Waals surface area contributed by atoms with Gasteiger partial charge in [0.25, 0.3) is 0 Å². The lowest BCUT2D eigenvalue weighted by molar-refractivity contribution is 0.563. The van der Waals surface area contributed by atoms with Gasteiger partial charge in [-0.05, 0) is 112 Å². The van der Waals surface area contributed by atoms with Crippen molar-refractivity contribution >= 4 is 17.2 Å². The van der Waals surface area contributed by atoms with E-state index in [4.69, 9.17) is 9.97 Å². The second kappa shape index (κ2) is 13.1. The van der Waals surface area contributed by atoms with E-state index in [1.807, 2.05) is 0 Å². The summed E-state index contributed by atoms with van der Waals surface area (Å²) in [5.41, 5.74) is 19.5. The molecule has 4 atom stereocenters. The van der Waals surface area contributed by atoms with Crippen LogP contribution in [0.15, 0.2) is 209 Å². The molecule has 55 heavy (non-hydrogen) atoms. The summed E-state index contributed by atoms with van der Waals surface area (Å²) in [6, 6.07) is 17.5. The number of fused-ring (bicyclic) bond motifs is 7. The normalized spacial score (nSPS) is 25.8. The molecule has 0 amide bonds. The van der Waals surface area contributed by atoms with Crippen LogP contribution in [0.4, 0.5) is 11.5 Å². The quantitative estimate of drug-likeness (QED) is 0.270. The Kier molecular flexibility index (Phi) is 7.69. The van der Waals surface area contributed by atoms with Gasteiger partial charge < -0.3 is 0 Å². The average molecular weight is 710 g/mol. The van der Waals surface area contributed by atoms with Gasteiger partial charge in [-0.15, -0.1) is 0 Å². The third-order valence-electron chi connectivity index (χ3n) is 13.0. The van der Waals surface area contributed by atoms with Crippen molar-refractivity contribution in [1.82, 2.24) is 9.97 Å². The predicted molar refractivity (Wildman–Crippen MR) is 226 cm³/mol. The Morgan fingerprint density at radius 2 is 1.58 bits per heavy atom. The molecule has 7 aliphatic carbocycles. The van der Waals surface area contributed by atoms with Gasteiger partial charge in [0, 0.05) is 52.7 Å². The van der Waals surface area contributed by atoms with Crippen molar-refractivity contribution in [3.63, 3.8) is 0 Å². The zero-order chi connectivity index (χ0) is 36.5. The molecule has 1 aromatic heterocycles. The molecule has 266 valence electrons. The van der Waals surface area contributed by atoms with Gasteiger partial charge in [0.2, 0.25) is 0 Å². The Bertz CT molecular complexity index is 2560. The first kappa shape index (κ1) is 32.4. The number of rotatable bonds is 4. The molecule has 3 aromatic rings. The first-order chi connectivity index (χ1) is 27.2. The third kappa shape index (κ3) is 5.32. The molecule has 2 aromatic carbocycles. The van der Waals surface area contributed by atoms with Crippen molar-refractivity contribution in [3.05, 3.63) is 220 Å². The van der Waals surface area contributed by atoms with Gasteiger partial charge in [0.05, 0.1) is 0 Å². The number of anilines is 2. The van der Waals surface area contributed by atoms with Gasteiger partial charge in [-0.1, -0.05) is 134 Å². The molecule has 1 aliphatic heterocycles. The van der Waals surface area contributed by atoms with E-state index in [1.54, 1.807) is 12.4 Å². The number of hydrogen-bond donors (Lipinski definition) is 0. The molecular formula is C52H43N3. The summed E-state index contributed by atoms with van der Waals surface area (Å²) in [7, 11) is 0. The van der Waals surface area contributed by atoms with Crippen LogP contribution >= 0.6 is 0 Å². The Hall–Kier alpha value is -6.06. The topological polar surface area (TPSA) is 29.0 Å². The summed E-state index contributed by atoms with van der Waals surface area (Å²) >= 11 is 0. The molecule has 0 spiro atoms. The van der Waals surface area contributed by atoms with Gasteiger partial charge in [-0.3, -0.25) is 9.88 Å². The number of benzene rings is 2. The molecular weight excluding hydrogens is 667 g/mol. The van der Waals surface area contributed by atoms with E-state index in [0.717, 1.165) is 59.7 Å². The highest BCUT2D eigenvalue weighted by Crippen LogP contribution is 2.54. The molecule has 0 bridgehead atoms. The predicted octanol–water partition coefficient (Wildman–Crippen LogP) is 12.6. The number of allylic oxidation sites excluding steroid dienone is 24. The highest BCUT2D eigenvalue weighted by Gasteiger charge is 2.38. The number of hydrogen-bond acceptors (Lipinski definition) is 3. The fourth-order valence-electron chi connectivity index (χ4n) is 10.2. The van der Waals surface area contributed by atoms with Gasteiger partial charge in [0.15, 0.2) is 5.82 Å². The van der Waals surface area contributed by atoms with Crippen molar-refractivity contribution in [1.29, 1.82) is 0 Å². The molecule has 0 fully saturated rings. The Balaban J connectivity index is 1.02. The highest BCUT2D eigenvalue weighted by molar-refractivity contribution is 5.99. The monoisotopic (exact) mass is 709 g/mol. The van der Waals surface area contributed by atoms with Crippen LogP contribution in [0.3, 0.4) is 0 Å². The average Bonchev–Trinajstić information content (AvgIpc) is 3.25. The van der Waals surface area contributed by atoms with Crippen LogP contribution in [0, 0.1) is 17.8 Å². The smallest absolute Gasteiger partial charge is 0.164 e. The van der Waals surface area contributed by atoms with E-state index in [9.17, 15) is 0 Å². The fraction of sp³-hybridized carbons (Fsp3) is 0.192. The van der Waals surface area contributed by atoms with E-state index < -0.39 is 0 Å². The van der Waals surface area contributed by atoms with E-state index in [0.29, 0.717) is 17.8 Å². The maximum absolute atomic E-state index is 4.80. The van der Waals surface area contributed by atoms with E-state index in [2.05, 4.69) is 151 Å². The van der Waals surface area contributed by atoms with Gasteiger partial charge >= 0.3 is 0 Å². The lowest BCUT2D eigenvalue weighted by Crippen LogP contribution is -2.25. The van der Waals surface area contributed by atoms with Crippen molar-refractivity contribution in [2.75, 3.05) is 4.90 Å². The van der Waals surface area contributed by atoms with Crippen molar-refractivity contribution in [2.45, 2.75) is 44.4 Å². The Morgan fingerprint density at radius 3 is 2.51 bits per heavy atom. The molecule has 0 saturated heterocycles. The molecule has 3 nitrogen and oxygen atoms in total. The van der Waals surface area contributed by atoms with Crippen LogP contribution in [0.25, 0.3) is 17.0 Å². The first-order valence-corrected chi connectivity index (χ1v) is 20.1. The summed E-state index contributed by atoms with van der Waals surface area (Å²) in [6.45, 7) is 4.54. The van der Waals surface area contributed by atoms with Crippen LogP contribution in [-0.2, 0) is 0 Å². The maximum Gasteiger partial charge on any atom is 0.164 e.